The molecule has 2 N–H and O–H groups in total. The van der Waals surface area contributed by atoms with E-state index in [0.717, 1.165) is 5.39 Å². The van der Waals surface area contributed by atoms with E-state index in [0.29, 0.717) is 37.4 Å². The number of nitrogens with two attached hydrogens (primary N) is 1. The van der Waals surface area contributed by atoms with Gasteiger partial charge in [0.1, 0.15) is 11.2 Å². The van der Waals surface area contributed by atoms with E-state index >= 15 is 0 Å². The Bertz CT molecular complexity index is 759. The van der Waals surface area contributed by atoms with Crippen LogP contribution in [-0.4, -0.2) is 64.3 Å². The highest BCUT2D eigenvalue weighted by molar-refractivity contribution is 6.33. The zero-order valence-corrected chi connectivity index (χ0v) is 13.2. The third-order valence-corrected chi connectivity index (χ3v) is 4.10. The minimum atomic E-state index is -0.358. The molecule has 0 aromatic carbocycles. The van der Waals surface area contributed by atoms with Gasteiger partial charge in [-0.15, -0.1) is 0 Å². The van der Waals surface area contributed by atoms with Crippen molar-refractivity contribution in [1.82, 2.24) is 19.8 Å². The van der Waals surface area contributed by atoms with Crippen LogP contribution in [0.4, 0.5) is 0 Å². The van der Waals surface area contributed by atoms with Crippen molar-refractivity contribution in [3.05, 3.63) is 35.2 Å². The Balaban J connectivity index is 1.74. The molecular weight excluding hydrogens is 318 g/mol. The molecule has 0 aliphatic carbocycles. The molecule has 2 aromatic rings. The Morgan fingerprint density at radius 3 is 2.61 bits per heavy atom. The standard InChI is InChI=1S/C15H16ClN5O2/c16-14-13-10(3-4-18-14)1-2-11(19-13)15(23)21-7-5-20(6-8-21)9-12(17)22/h1-4H,5-9H2,(H2,17,22). The summed E-state index contributed by atoms with van der Waals surface area (Å²) in [5.74, 6) is -0.506. The zero-order valence-electron chi connectivity index (χ0n) is 12.4. The zero-order chi connectivity index (χ0) is 16.4. The van der Waals surface area contributed by atoms with Crippen LogP contribution >= 0.6 is 11.6 Å². The maximum absolute atomic E-state index is 12.6. The van der Waals surface area contributed by atoms with Gasteiger partial charge in [0.25, 0.3) is 5.91 Å². The summed E-state index contributed by atoms with van der Waals surface area (Å²) in [6.45, 7) is 2.52. The minimum Gasteiger partial charge on any atom is -0.369 e. The third-order valence-electron chi connectivity index (χ3n) is 3.82. The molecule has 1 aliphatic heterocycles. The largest absolute Gasteiger partial charge is 0.369 e. The van der Waals surface area contributed by atoms with Gasteiger partial charge >= 0.3 is 0 Å². The Morgan fingerprint density at radius 2 is 1.91 bits per heavy atom. The molecular formula is C15H16ClN5O2. The van der Waals surface area contributed by atoms with Gasteiger partial charge in [-0.05, 0) is 12.1 Å². The Labute approximate surface area is 138 Å². The molecule has 120 valence electrons. The van der Waals surface area contributed by atoms with Crippen LogP contribution in [0.25, 0.3) is 10.9 Å². The number of fused-ring (bicyclic) bond motifs is 1. The fourth-order valence-electron chi connectivity index (χ4n) is 2.62. The second-order valence-corrected chi connectivity index (χ2v) is 5.76. The van der Waals surface area contributed by atoms with Gasteiger partial charge < -0.3 is 10.6 Å². The number of hydrogen-bond acceptors (Lipinski definition) is 5. The molecule has 2 aromatic heterocycles. The van der Waals surface area contributed by atoms with Crippen molar-refractivity contribution >= 4 is 34.3 Å². The highest BCUT2D eigenvalue weighted by Gasteiger charge is 2.23. The summed E-state index contributed by atoms with van der Waals surface area (Å²) in [5.41, 5.74) is 6.05. The first kappa shape index (κ1) is 15.6. The normalized spacial score (nSPS) is 15.8. The molecule has 0 unspecified atom stereocenters. The van der Waals surface area contributed by atoms with E-state index < -0.39 is 0 Å². The molecule has 23 heavy (non-hydrogen) atoms. The van der Waals surface area contributed by atoms with Gasteiger partial charge in [0.15, 0.2) is 5.15 Å². The van der Waals surface area contributed by atoms with Gasteiger partial charge in [0.2, 0.25) is 5.91 Å². The van der Waals surface area contributed by atoms with Crippen molar-refractivity contribution in [2.45, 2.75) is 0 Å². The molecule has 1 aliphatic rings. The Morgan fingerprint density at radius 1 is 1.17 bits per heavy atom. The smallest absolute Gasteiger partial charge is 0.272 e. The number of primary amides is 1. The molecule has 2 amide bonds. The van der Waals surface area contributed by atoms with Crippen molar-refractivity contribution < 1.29 is 9.59 Å². The van der Waals surface area contributed by atoms with Crippen LogP contribution in [0, 0.1) is 0 Å². The highest BCUT2D eigenvalue weighted by atomic mass is 35.5. The first-order valence-electron chi connectivity index (χ1n) is 7.26. The number of hydrogen-bond donors (Lipinski definition) is 1. The molecule has 3 rings (SSSR count). The number of halogens is 1. The molecule has 0 spiro atoms. The number of nitrogens with zero attached hydrogens (tertiary/aromatic N) is 4. The van der Waals surface area contributed by atoms with E-state index in [9.17, 15) is 9.59 Å². The summed E-state index contributed by atoms with van der Waals surface area (Å²) < 4.78 is 0. The summed E-state index contributed by atoms with van der Waals surface area (Å²) in [4.78, 5) is 35.5. The molecule has 0 atom stereocenters. The number of rotatable bonds is 3. The molecule has 7 nitrogen and oxygen atoms in total. The van der Waals surface area contributed by atoms with Crippen LogP contribution < -0.4 is 5.73 Å². The first-order valence-corrected chi connectivity index (χ1v) is 7.63. The molecule has 1 fully saturated rings. The fourth-order valence-corrected chi connectivity index (χ4v) is 2.83. The average Bonchev–Trinajstić information content (AvgIpc) is 2.54. The van der Waals surface area contributed by atoms with E-state index in [-0.39, 0.29) is 23.5 Å². The van der Waals surface area contributed by atoms with Crippen LogP contribution in [-0.2, 0) is 4.79 Å². The number of pyridine rings is 2. The molecule has 0 radical (unpaired) electrons. The van der Waals surface area contributed by atoms with Gasteiger partial charge in [0, 0.05) is 37.8 Å². The van der Waals surface area contributed by atoms with E-state index in [1.54, 1.807) is 23.2 Å². The van der Waals surface area contributed by atoms with Crippen molar-refractivity contribution in [3.8, 4) is 0 Å². The van der Waals surface area contributed by atoms with Crippen LogP contribution in [0.1, 0.15) is 10.5 Å². The van der Waals surface area contributed by atoms with Gasteiger partial charge in [-0.25, -0.2) is 9.97 Å². The molecule has 8 heteroatoms. The van der Waals surface area contributed by atoms with Crippen LogP contribution in [0.5, 0.6) is 0 Å². The second kappa shape index (κ2) is 6.47. The molecule has 0 bridgehead atoms. The lowest BCUT2D eigenvalue weighted by Crippen LogP contribution is -2.50. The topological polar surface area (TPSA) is 92.4 Å². The Kier molecular flexibility index (Phi) is 4.40. The lowest BCUT2D eigenvalue weighted by molar-refractivity contribution is -0.119. The van der Waals surface area contributed by atoms with Gasteiger partial charge in [-0.1, -0.05) is 17.7 Å². The number of carbonyl (C=O) groups is 2. The second-order valence-electron chi connectivity index (χ2n) is 5.40. The summed E-state index contributed by atoms with van der Waals surface area (Å²) in [6, 6.07) is 5.30. The monoisotopic (exact) mass is 333 g/mol. The molecule has 1 saturated heterocycles. The van der Waals surface area contributed by atoms with E-state index in [1.165, 1.54) is 0 Å². The maximum Gasteiger partial charge on any atom is 0.272 e. The summed E-state index contributed by atoms with van der Waals surface area (Å²) in [6.07, 6.45) is 1.60. The van der Waals surface area contributed by atoms with Gasteiger partial charge in [-0.2, -0.15) is 0 Å². The lowest BCUT2D eigenvalue weighted by Gasteiger charge is -2.33. The number of carbonyl (C=O) groups excluding carboxylic acids is 2. The van der Waals surface area contributed by atoms with Crippen molar-refractivity contribution in [1.29, 1.82) is 0 Å². The summed E-state index contributed by atoms with van der Waals surface area (Å²) in [7, 11) is 0. The number of aromatic nitrogens is 2. The van der Waals surface area contributed by atoms with Crippen LogP contribution in [0.2, 0.25) is 5.15 Å². The van der Waals surface area contributed by atoms with Crippen molar-refractivity contribution in [2.75, 3.05) is 32.7 Å². The highest BCUT2D eigenvalue weighted by Crippen LogP contribution is 2.20. The van der Waals surface area contributed by atoms with Crippen LogP contribution in [0.15, 0.2) is 24.4 Å². The fraction of sp³-hybridized carbons (Fsp3) is 0.333. The minimum absolute atomic E-state index is 0.148. The summed E-state index contributed by atoms with van der Waals surface area (Å²) >= 11 is 6.04. The predicted octanol–water partition coefficient (Wildman–Crippen LogP) is 0.526. The first-order chi connectivity index (χ1) is 11.0. The maximum atomic E-state index is 12.6. The Hall–Kier alpha value is -2.25. The van der Waals surface area contributed by atoms with Crippen molar-refractivity contribution in [3.63, 3.8) is 0 Å². The SMILES string of the molecule is NC(=O)CN1CCN(C(=O)c2ccc3ccnc(Cl)c3n2)CC1. The third kappa shape index (κ3) is 3.40. The molecule has 0 saturated carbocycles. The van der Waals surface area contributed by atoms with Crippen molar-refractivity contribution in [2.24, 2.45) is 5.73 Å². The molecule has 3 heterocycles. The number of piperazine rings is 1. The van der Waals surface area contributed by atoms with E-state index in [4.69, 9.17) is 17.3 Å². The lowest BCUT2D eigenvalue weighted by atomic mass is 10.2. The quantitative estimate of drug-likeness (QED) is 0.827. The van der Waals surface area contributed by atoms with Gasteiger partial charge in [-0.3, -0.25) is 14.5 Å². The summed E-state index contributed by atoms with van der Waals surface area (Å²) in [5, 5.41) is 1.12. The van der Waals surface area contributed by atoms with Gasteiger partial charge in [0.05, 0.1) is 6.54 Å². The predicted molar refractivity (Wildman–Crippen MR) is 86.1 cm³/mol. The number of amides is 2. The van der Waals surface area contributed by atoms with Crippen LogP contribution in [0.3, 0.4) is 0 Å². The van der Waals surface area contributed by atoms with E-state index in [1.807, 2.05) is 11.0 Å². The average molecular weight is 334 g/mol. The van der Waals surface area contributed by atoms with E-state index in [2.05, 4.69) is 9.97 Å².